The van der Waals surface area contributed by atoms with Crippen LogP contribution in [0.3, 0.4) is 0 Å². The van der Waals surface area contributed by atoms with E-state index in [9.17, 15) is 9.90 Å². The lowest BCUT2D eigenvalue weighted by Crippen LogP contribution is -2.58. The highest BCUT2D eigenvalue weighted by molar-refractivity contribution is 5.68. The van der Waals surface area contributed by atoms with Crippen LogP contribution in [0, 0.1) is 5.92 Å². The molecule has 0 saturated carbocycles. The normalized spacial score (nSPS) is 17.5. The topological polar surface area (TPSA) is 84.6 Å². The molecule has 2 atom stereocenters. The number of alkyl carbamates (subject to hydrolysis) is 1. The van der Waals surface area contributed by atoms with E-state index < -0.39 is 23.3 Å². The average Bonchev–Trinajstić information content (AvgIpc) is 2.10. The minimum atomic E-state index is -1.15. The van der Waals surface area contributed by atoms with Gasteiger partial charge in [-0.05, 0) is 33.6 Å². The number of hydrogen-bond acceptors (Lipinski definition) is 4. The highest BCUT2D eigenvalue weighted by Gasteiger charge is 2.35. The molecule has 4 N–H and O–H groups in total. The Hall–Kier alpha value is -0.810. The highest BCUT2D eigenvalue weighted by Crippen LogP contribution is 2.17. The largest absolute Gasteiger partial charge is 0.444 e. The molecule has 0 aliphatic carbocycles. The van der Waals surface area contributed by atoms with E-state index in [1.807, 2.05) is 13.8 Å². The molecule has 0 unspecified atom stereocenters. The highest BCUT2D eigenvalue weighted by atomic mass is 16.6. The summed E-state index contributed by atoms with van der Waals surface area (Å²) in [5, 5.41) is 12.8. The molecule has 0 spiro atoms. The van der Waals surface area contributed by atoms with E-state index in [1.165, 1.54) is 0 Å². The second kappa shape index (κ2) is 5.69. The zero-order chi connectivity index (χ0) is 13.9. The second-order valence-electron chi connectivity index (χ2n) is 5.93. The molecule has 102 valence electrons. The molecular formula is C12H26N2O3. The van der Waals surface area contributed by atoms with Gasteiger partial charge in [0.15, 0.2) is 0 Å². The lowest BCUT2D eigenvalue weighted by Gasteiger charge is -2.35. The molecule has 5 nitrogen and oxygen atoms in total. The SMILES string of the molecule is CC(C)[C@@H](NC(=O)OC(C)(C)C)[C@@](C)(O)CN. The first-order valence-corrected chi connectivity index (χ1v) is 5.91. The Kier molecular flexibility index (Phi) is 5.42. The van der Waals surface area contributed by atoms with Gasteiger partial charge in [0.05, 0.1) is 11.6 Å². The summed E-state index contributed by atoms with van der Waals surface area (Å²) in [7, 11) is 0. The number of carbonyl (C=O) groups is 1. The molecular weight excluding hydrogens is 220 g/mol. The Bertz CT molecular complexity index is 257. The smallest absolute Gasteiger partial charge is 0.407 e. The summed E-state index contributed by atoms with van der Waals surface area (Å²) in [6, 6.07) is -0.442. The third kappa shape index (κ3) is 5.89. The number of carbonyl (C=O) groups excluding carboxylic acids is 1. The quantitative estimate of drug-likeness (QED) is 0.697. The van der Waals surface area contributed by atoms with Gasteiger partial charge in [0.2, 0.25) is 0 Å². The molecule has 0 aliphatic rings. The van der Waals surface area contributed by atoms with E-state index in [0.29, 0.717) is 0 Å². The maximum absolute atomic E-state index is 11.7. The van der Waals surface area contributed by atoms with Gasteiger partial charge >= 0.3 is 6.09 Å². The summed E-state index contributed by atoms with van der Waals surface area (Å²) in [6.45, 7) is 10.9. The summed E-state index contributed by atoms with van der Waals surface area (Å²) < 4.78 is 5.16. The zero-order valence-electron chi connectivity index (χ0n) is 11.7. The summed E-state index contributed by atoms with van der Waals surface area (Å²) in [4.78, 5) is 11.7. The van der Waals surface area contributed by atoms with Gasteiger partial charge in [0, 0.05) is 6.54 Å². The number of aliphatic hydroxyl groups is 1. The predicted molar refractivity (Wildman–Crippen MR) is 67.7 cm³/mol. The van der Waals surface area contributed by atoms with Crippen LogP contribution in [0.1, 0.15) is 41.5 Å². The van der Waals surface area contributed by atoms with Crippen LogP contribution in [-0.2, 0) is 4.74 Å². The van der Waals surface area contributed by atoms with E-state index in [4.69, 9.17) is 10.5 Å². The number of nitrogens with one attached hydrogen (secondary N) is 1. The van der Waals surface area contributed by atoms with Gasteiger partial charge in [0.1, 0.15) is 5.60 Å². The van der Waals surface area contributed by atoms with E-state index in [2.05, 4.69) is 5.32 Å². The van der Waals surface area contributed by atoms with E-state index in [-0.39, 0.29) is 12.5 Å². The fraction of sp³-hybridized carbons (Fsp3) is 0.917. The molecule has 0 bridgehead atoms. The van der Waals surface area contributed by atoms with Crippen molar-refractivity contribution in [3.63, 3.8) is 0 Å². The third-order valence-corrected chi connectivity index (χ3v) is 2.42. The first-order valence-electron chi connectivity index (χ1n) is 5.91. The van der Waals surface area contributed by atoms with Crippen LogP contribution in [0.15, 0.2) is 0 Å². The number of rotatable bonds is 4. The van der Waals surface area contributed by atoms with Gasteiger partial charge in [-0.25, -0.2) is 4.79 Å². The second-order valence-corrected chi connectivity index (χ2v) is 5.93. The first kappa shape index (κ1) is 16.2. The van der Waals surface area contributed by atoms with Crippen LogP contribution in [0.5, 0.6) is 0 Å². The summed E-state index contributed by atoms with van der Waals surface area (Å²) >= 11 is 0. The van der Waals surface area contributed by atoms with Crippen molar-refractivity contribution in [1.82, 2.24) is 5.32 Å². The van der Waals surface area contributed by atoms with Crippen molar-refractivity contribution in [1.29, 1.82) is 0 Å². The number of amides is 1. The van der Waals surface area contributed by atoms with Gasteiger partial charge in [-0.1, -0.05) is 13.8 Å². The molecule has 0 aromatic carbocycles. The van der Waals surface area contributed by atoms with Crippen molar-refractivity contribution in [2.24, 2.45) is 11.7 Å². The van der Waals surface area contributed by atoms with E-state index >= 15 is 0 Å². The fourth-order valence-electron chi connectivity index (χ4n) is 1.60. The number of nitrogens with two attached hydrogens (primary N) is 1. The van der Waals surface area contributed by atoms with Crippen molar-refractivity contribution in [3.05, 3.63) is 0 Å². The van der Waals surface area contributed by atoms with Crippen molar-refractivity contribution in [2.45, 2.75) is 58.8 Å². The summed E-state index contributed by atoms with van der Waals surface area (Å²) in [5.74, 6) is 0.0565. The van der Waals surface area contributed by atoms with Gasteiger partial charge < -0.3 is 20.9 Å². The third-order valence-electron chi connectivity index (χ3n) is 2.42. The maximum atomic E-state index is 11.7. The number of hydrogen-bond donors (Lipinski definition) is 3. The molecule has 0 radical (unpaired) electrons. The lowest BCUT2D eigenvalue weighted by molar-refractivity contribution is -0.00137. The van der Waals surface area contributed by atoms with Crippen LogP contribution < -0.4 is 11.1 Å². The molecule has 0 fully saturated rings. The molecule has 0 saturated heterocycles. The van der Waals surface area contributed by atoms with Crippen LogP contribution in [0.4, 0.5) is 4.79 Å². The maximum Gasteiger partial charge on any atom is 0.407 e. The molecule has 5 heteroatoms. The van der Waals surface area contributed by atoms with Gasteiger partial charge in [-0.15, -0.1) is 0 Å². The lowest BCUT2D eigenvalue weighted by atomic mass is 9.88. The Morgan fingerprint density at radius 1 is 1.35 bits per heavy atom. The molecule has 0 rings (SSSR count). The van der Waals surface area contributed by atoms with E-state index in [0.717, 1.165) is 0 Å². The monoisotopic (exact) mass is 246 g/mol. The van der Waals surface area contributed by atoms with Gasteiger partial charge in [-0.2, -0.15) is 0 Å². The van der Waals surface area contributed by atoms with Crippen LogP contribution >= 0.6 is 0 Å². The minimum absolute atomic E-state index is 0.0565. The molecule has 0 aliphatic heterocycles. The van der Waals surface area contributed by atoms with E-state index in [1.54, 1.807) is 27.7 Å². The molecule has 17 heavy (non-hydrogen) atoms. The van der Waals surface area contributed by atoms with Crippen LogP contribution in [0.2, 0.25) is 0 Å². The summed E-state index contributed by atoms with van der Waals surface area (Å²) in [5.41, 5.74) is 3.80. The Morgan fingerprint density at radius 2 is 1.82 bits per heavy atom. The van der Waals surface area contributed by atoms with Crippen molar-refractivity contribution in [2.75, 3.05) is 6.54 Å². The first-order chi connectivity index (χ1) is 7.49. The molecule has 1 amide bonds. The molecule has 0 aromatic heterocycles. The van der Waals surface area contributed by atoms with Crippen molar-refractivity contribution in [3.8, 4) is 0 Å². The van der Waals surface area contributed by atoms with Gasteiger partial charge in [0.25, 0.3) is 0 Å². The Labute approximate surface area is 104 Å². The van der Waals surface area contributed by atoms with Crippen molar-refractivity contribution >= 4 is 6.09 Å². The Morgan fingerprint density at radius 3 is 2.12 bits per heavy atom. The summed E-state index contributed by atoms with van der Waals surface area (Å²) in [6.07, 6.45) is -0.537. The standard InChI is InChI=1S/C12H26N2O3/c1-8(2)9(12(6,16)7-13)14-10(15)17-11(3,4)5/h8-9,16H,7,13H2,1-6H3,(H,14,15)/t9-,12+/m1/s1. The van der Waals surface area contributed by atoms with Gasteiger partial charge in [-0.3, -0.25) is 0 Å². The zero-order valence-corrected chi connectivity index (χ0v) is 11.7. The number of ether oxygens (including phenoxy) is 1. The minimum Gasteiger partial charge on any atom is -0.444 e. The predicted octanol–water partition coefficient (Wildman–Crippen LogP) is 1.25. The van der Waals surface area contributed by atoms with Crippen molar-refractivity contribution < 1.29 is 14.6 Å². The Balaban J connectivity index is 4.63. The van der Waals surface area contributed by atoms with Crippen LogP contribution in [-0.4, -0.2) is 35.0 Å². The molecule has 0 aromatic rings. The fourth-order valence-corrected chi connectivity index (χ4v) is 1.60. The van der Waals surface area contributed by atoms with Crippen LogP contribution in [0.25, 0.3) is 0 Å². The molecule has 0 heterocycles. The average molecular weight is 246 g/mol.